The Bertz CT molecular complexity index is 452. The zero-order valence-corrected chi connectivity index (χ0v) is 10.2. The van der Waals surface area contributed by atoms with Gasteiger partial charge in [0.25, 0.3) is 0 Å². The standard InChI is InChI=1S/C12H15N3O2/c1-9-10(12(16)17-3)5-6-11(14-9)15(2)8-4-7-13/h5-6H,4,8H2,1-3H3. The molecule has 0 amide bonds. The lowest BCUT2D eigenvalue weighted by Crippen LogP contribution is -2.20. The van der Waals surface area contributed by atoms with Gasteiger partial charge in [-0.2, -0.15) is 5.26 Å². The molecule has 90 valence electrons. The van der Waals surface area contributed by atoms with E-state index in [1.807, 2.05) is 11.9 Å². The van der Waals surface area contributed by atoms with Crippen LogP contribution in [-0.2, 0) is 4.74 Å². The SMILES string of the molecule is COC(=O)c1ccc(N(C)CCC#N)nc1C. The molecule has 5 nitrogen and oxygen atoms in total. The van der Waals surface area contributed by atoms with Gasteiger partial charge in [-0.05, 0) is 19.1 Å². The number of nitrogens with zero attached hydrogens (tertiary/aromatic N) is 3. The first-order valence-corrected chi connectivity index (χ1v) is 5.24. The minimum absolute atomic E-state index is 0.388. The van der Waals surface area contributed by atoms with Crippen molar-refractivity contribution in [1.29, 1.82) is 5.26 Å². The number of hydrogen-bond donors (Lipinski definition) is 0. The van der Waals surface area contributed by atoms with Crippen LogP contribution in [0.5, 0.6) is 0 Å². The molecule has 0 spiro atoms. The number of carbonyl (C=O) groups excluding carboxylic acids is 1. The zero-order chi connectivity index (χ0) is 12.8. The van der Waals surface area contributed by atoms with Crippen LogP contribution < -0.4 is 4.90 Å². The molecule has 0 aliphatic carbocycles. The number of methoxy groups -OCH3 is 1. The van der Waals surface area contributed by atoms with Crippen molar-refractivity contribution in [3.8, 4) is 6.07 Å². The third-order valence-corrected chi connectivity index (χ3v) is 2.43. The molecule has 1 aromatic rings. The maximum absolute atomic E-state index is 11.4. The van der Waals surface area contributed by atoms with Crippen molar-refractivity contribution in [2.75, 3.05) is 25.6 Å². The first-order chi connectivity index (χ1) is 8.10. The van der Waals surface area contributed by atoms with Gasteiger partial charge < -0.3 is 9.64 Å². The predicted octanol–water partition coefficient (Wildman–Crippen LogP) is 1.53. The Kier molecular flexibility index (Phi) is 4.46. The number of ether oxygens (including phenoxy) is 1. The molecule has 5 heteroatoms. The third kappa shape index (κ3) is 3.18. The molecule has 0 N–H and O–H groups in total. The molecule has 0 atom stereocenters. The topological polar surface area (TPSA) is 66.2 Å². The van der Waals surface area contributed by atoms with E-state index in [-0.39, 0.29) is 5.97 Å². The Labute approximate surface area is 101 Å². The van der Waals surface area contributed by atoms with Gasteiger partial charge in [-0.3, -0.25) is 0 Å². The highest BCUT2D eigenvalue weighted by Crippen LogP contribution is 2.14. The van der Waals surface area contributed by atoms with Crippen molar-refractivity contribution >= 4 is 11.8 Å². The largest absolute Gasteiger partial charge is 0.465 e. The maximum atomic E-state index is 11.4. The normalized spacial score (nSPS) is 9.53. The Balaban J connectivity index is 2.89. The fourth-order valence-electron chi connectivity index (χ4n) is 1.42. The number of aromatic nitrogens is 1. The highest BCUT2D eigenvalue weighted by molar-refractivity contribution is 5.90. The van der Waals surface area contributed by atoms with Crippen LogP contribution in [0.4, 0.5) is 5.82 Å². The van der Waals surface area contributed by atoms with Crippen molar-refractivity contribution in [2.24, 2.45) is 0 Å². The van der Waals surface area contributed by atoms with E-state index in [9.17, 15) is 4.79 Å². The second kappa shape index (κ2) is 5.85. The molecule has 1 heterocycles. The number of carbonyl (C=O) groups is 1. The van der Waals surface area contributed by atoms with E-state index in [0.29, 0.717) is 24.2 Å². The summed E-state index contributed by atoms with van der Waals surface area (Å²) in [7, 11) is 3.20. The Hall–Kier alpha value is -2.09. The van der Waals surface area contributed by atoms with E-state index in [4.69, 9.17) is 5.26 Å². The fraction of sp³-hybridized carbons (Fsp3) is 0.417. The Morgan fingerprint density at radius 2 is 2.29 bits per heavy atom. The van der Waals surface area contributed by atoms with E-state index in [2.05, 4.69) is 15.8 Å². The molecule has 0 saturated heterocycles. The summed E-state index contributed by atoms with van der Waals surface area (Å²) < 4.78 is 4.65. The Morgan fingerprint density at radius 3 is 2.82 bits per heavy atom. The van der Waals surface area contributed by atoms with Gasteiger partial charge in [-0.1, -0.05) is 0 Å². The van der Waals surface area contributed by atoms with Gasteiger partial charge in [0.2, 0.25) is 0 Å². The highest BCUT2D eigenvalue weighted by atomic mass is 16.5. The molecule has 0 saturated carbocycles. The average Bonchev–Trinajstić information content (AvgIpc) is 2.34. The molecular formula is C12H15N3O2. The summed E-state index contributed by atoms with van der Waals surface area (Å²) >= 11 is 0. The minimum atomic E-state index is -0.388. The van der Waals surface area contributed by atoms with Crippen molar-refractivity contribution in [3.63, 3.8) is 0 Å². The quantitative estimate of drug-likeness (QED) is 0.738. The molecule has 17 heavy (non-hydrogen) atoms. The second-order valence-electron chi connectivity index (χ2n) is 3.62. The number of hydrogen-bond acceptors (Lipinski definition) is 5. The Morgan fingerprint density at radius 1 is 1.59 bits per heavy atom. The van der Waals surface area contributed by atoms with Crippen LogP contribution in [0.25, 0.3) is 0 Å². The van der Waals surface area contributed by atoms with Crippen molar-refractivity contribution < 1.29 is 9.53 Å². The second-order valence-corrected chi connectivity index (χ2v) is 3.62. The van der Waals surface area contributed by atoms with E-state index in [0.717, 1.165) is 5.82 Å². The predicted molar refractivity (Wildman–Crippen MR) is 63.8 cm³/mol. The van der Waals surface area contributed by atoms with Crippen LogP contribution in [0, 0.1) is 18.3 Å². The zero-order valence-electron chi connectivity index (χ0n) is 10.2. The molecule has 0 aromatic carbocycles. The minimum Gasteiger partial charge on any atom is -0.465 e. The molecule has 0 bridgehead atoms. The molecule has 1 rings (SSSR count). The van der Waals surface area contributed by atoms with Crippen molar-refractivity contribution in [3.05, 3.63) is 23.4 Å². The average molecular weight is 233 g/mol. The molecule has 0 fully saturated rings. The lowest BCUT2D eigenvalue weighted by Gasteiger charge is -2.17. The number of rotatable bonds is 4. The molecule has 0 aliphatic heterocycles. The van der Waals surface area contributed by atoms with Gasteiger partial charge in [0.15, 0.2) is 0 Å². The summed E-state index contributed by atoms with van der Waals surface area (Å²) in [6, 6.07) is 5.51. The summed E-state index contributed by atoms with van der Waals surface area (Å²) in [6.45, 7) is 2.37. The van der Waals surface area contributed by atoms with E-state index >= 15 is 0 Å². The molecular weight excluding hydrogens is 218 g/mol. The van der Waals surface area contributed by atoms with Gasteiger partial charge >= 0.3 is 5.97 Å². The third-order valence-electron chi connectivity index (χ3n) is 2.43. The smallest absolute Gasteiger partial charge is 0.339 e. The highest BCUT2D eigenvalue weighted by Gasteiger charge is 2.11. The number of anilines is 1. The fourth-order valence-corrected chi connectivity index (χ4v) is 1.42. The van der Waals surface area contributed by atoms with E-state index in [1.165, 1.54) is 7.11 Å². The summed E-state index contributed by atoms with van der Waals surface area (Å²) in [5, 5.41) is 8.51. The molecule has 0 radical (unpaired) electrons. The van der Waals surface area contributed by atoms with E-state index < -0.39 is 0 Å². The lowest BCUT2D eigenvalue weighted by molar-refractivity contribution is 0.0599. The number of aryl methyl sites for hydroxylation is 1. The molecule has 1 aromatic heterocycles. The van der Waals surface area contributed by atoms with Gasteiger partial charge in [0, 0.05) is 13.6 Å². The van der Waals surface area contributed by atoms with E-state index in [1.54, 1.807) is 19.1 Å². The first-order valence-electron chi connectivity index (χ1n) is 5.24. The number of esters is 1. The lowest BCUT2D eigenvalue weighted by atomic mass is 10.2. The summed E-state index contributed by atoms with van der Waals surface area (Å²) in [4.78, 5) is 17.6. The number of pyridine rings is 1. The van der Waals surface area contributed by atoms with Crippen LogP contribution in [0.15, 0.2) is 12.1 Å². The van der Waals surface area contributed by atoms with Gasteiger partial charge in [0.1, 0.15) is 5.82 Å². The van der Waals surface area contributed by atoms with Gasteiger partial charge in [-0.25, -0.2) is 9.78 Å². The monoisotopic (exact) mass is 233 g/mol. The summed E-state index contributed by atoms with van der Waals surface area (Å²) in [5.41, 5.74) is 1.09. The van der Waals surface area contributed by atoms with Crippen molar-refractivity contribution in [2.45, 2.75) is 13.3 Å². The van der Waals surface area contributed by atoms with Gasteiger partial charge in [-0.15, -0.1) is 0 Å². The summed E-state index contributed by atoms with van der Waals surface area (Å²) in [6.07, 6.45) is 0.440. The maximum Gasteiger partial charge on any atom is 0.339 e. The number of nitriles is 1. The first kappa shape index (κ1) is 13.0. The summed E-state index contributed by atoms with van der Waals surface area (Å²) in [5.74, 6) is 0.353. The van der Waals surface area contributed by atoms with Crippen LogP contribution >= 0.6 is 0 Å². The van der Waals surface area contributed by atoms with Crippen LogP contribution in [0.3, 0.4) is 0 Å². The van der Waals surface area contributed by atoms with Gasteiger partial charge in [0.05, 0.1) is 30.9 Å². The van der Waals surface area contributed by atoms with Crippen LogP contribution in [0.1, 0.15) is 22.5 Å². The molecule has 0 unspecified atom stereocenters. The molecule has 0 aliphatic rings. The van der Waals surface area contributed by atoms with Crippen LogP contribution in [0.2, 0.25) is 0 Å². The van der Waals surface area contributed by atoms with Crippen LogP contribution in [-0.4, -0.2) is 31.7 Å². The van der Waals surface area contributed by atoms with Crippen molar-refractivity contribution in [1.82, 2.24) is 4.98 Å².